The van der Waals surface area contributed by atoms with E-state index in [1.54, 1.807) is 7.05 Å². The molecule has 0 amide bonds. The first-order valence-corrected chi connectivity index (χ1v) is 6.51. The number of aryl methyl sites for hydroxylation is 1. The van der Waals surface area contributed by atoms with E-state index in [9.17, 15) is 0 Å². The molecule has 0 radical (unpaired) electrons. The summed E-state index contributed by atoms with van der Waals surface area (Å²) < 4.78 is 0. The van der Waals surface area contributed by atoms with Crippen molar-refractivity contribution in [3.05, 3.63) is 28.8 Å². The lowest BCUT2D eigenvalue weighted by Crippen LogP contribution is -2.15. The zero-order valence-corrected chi connectivity index (χ0v) is 12.7. The van der Waals surface area contributed by atoms with E-state index in [1.165, 1.54) is 0 Å². The van der Waals surface area contributed by atoms with Crippen molar-refractivity contribution in [3.8, 4) is 0 Å². The predicted molar refractivity (Wildman–Crippen MR) is 83.2 cm³/mol. The van der Waals surface area contributed by atoms with Gasteiger partial charge in [-0.1, -0.05) is 17.7 Å². The van der Waals surface area contributed by atoms with Gasteiger partial charge < -0.3 is 15.5 Å². The summed E-state index contributed by atoms with van der Waals surface area (Å²) in [4.78, 5) is 14.7. The maximum atomic E-state index is 6.16. The van der Waals surface area contributed by atoms with Gasteiger partial charge in [-0.05, 0) is 24.6 Å². The van der Waals surface area contributed by atoms with Gasteiger partial charge in [0.2, 0.25) is 17.8 Å². The Morgan fingerprint density at radius 1 is 1.10 bits per heavy atom. The number of hydrogen-bond donors (Lipinski definition) is 2. The van der Waals surface area contributed by atoms with Crippen LogP contribution in [0, 0.1) is 6.92 Å². The summed E-state index contributed by atoms with van der Waals surface area (Å²) in [6.45, 7) is 2.00. The first-order valence-electron chi connectivity index (χ1n) is 6.14. The Bertz CT molecular complexity index is 614. The van der Waals surface area contributed by atoms with Crippen LogP contribution in [-0.2, 0) is 0 Å². The number of anilines is 4. The van der Waals surface area contributed by atoms with Gasteiger partial charge in [0.05, 0.1) is 10.7 Å². The van der Waals surface area contributed by atoms with Crippen molar-refractivity contribution in [1.29, 1.82) is 0 Å². The van der Waals surface area contributed by atoms with Crippen LogP contribution in [0.15, 0.2) is 18.2 Å². The largest absolute Gasteiger partial charge is 0.357 e. The van der Waals surface area contributed by atoms with Crippen molar-refractivity contribution in [3.63, 3.8) is 0 Å². The Hall–Kier alpha value is -2.08. The smallest absolute Gasteiger partial charge is 0.233 e. The highest BCUT2D eigenvalue weighted by atomic mass is 35.5. The fourth-order valence-corrected chi connectivity index (χ4v) is 1.75. The molecule has 0 atom stereocenters. The molecule has 0 fully saturated rings. The second kappa shape index (κ2) is 5.92. The lowest BCUT2D eigenvalue weighted by Gasteiger charge is -2.14. The minimum absolute atomic E-state index is 0.445. The molecule has 106 valence electrons. The van der Waals surface area contributed by atoms with Crippen LogP contribution in [0.1, 0.15) is 5.56 Å². The molecule has 2 N–H and O–H groups in total. The Morgan fingerprint density at radius 3 is 2.45 bits per heavy atom. The van der Waals surface area contributed by atoms with E-state index in [-0.39, 0.29) is 0 Å². The summed E-state index contributed by atoms with van der Waals surface area (Å²) in [5, 5.41) is 6.65. The molecule has 20 heavy (non-hydrogen) atoms. The molecule has 0 aliphatic carbocycles. The van der Waals surface area contributed by atoms with Gasteiger partial charge in [-0.2, -0.15) is 15.0 Å². The molecule has 2 aromatic rings. The summed E-state index contributed by atoms with van der Waals surface area (Å²) in [6.07, 6.45) is 0. The van der Waals surface area contributed by atoms with Gasteiger partial charge >= 0.3 is 0 Å². The van der Waals surface area contributed by atoms with Crippen molar-refractivity contribution in [2.45, 2.75) is 6.92 Å². The Kier molecular flexibility index (Phi) is 4.24. The van der Waals surface area contributed by atoms with Gasteiger partial charge in [-0.25, -0.2) is 0 Å². The fraction of sp³-hybridized carbons (Fsp3) is 0.308. The van der Waals surface area contributed by atoms with Gasteiger partial charge in [-0.3, -0.25) is 0 Å². The van der Waals surface area contributed by atoms with Crippen molar-refractivity contribution >= 4 is 35.1 Å². The normalized spacial score (nSPS) is 10.2. The molecular weight excluding hydrogens is 276 g/mol. The zero-order chi connectivity index (χ0) is 14.7. The highest BCUT2D eigenvalue weighted by Gasteiger charge is 2.09. The molecule has 0 saturated heterocycles. The van der Waals surface area contributed by atoms with Crippen molar-refractivity contribution < 1.29 is 0 Å². The molecule has 7 heteroatoms. The number of aromatic nitrogens is 3. The zero-order valence-electron chi connectivity index (χ0n) is 11.9. The van der Waals surface area contributed by atoms with Gasteiger partial charge in [0.1, 0.15) is 0 Å². The van der Waals surface area contributed by atoms with Crippen LogP contribution < -0.4 is 15.5 Å². The summed E-state index contributed by atoms with van der Waals surface area (Å²) in [5.74, 6) is 1.51. The van der Waals surface area contributed by atoms with Gasteiger partial charge in [0.15, 0.2) is 0 Å². The van der Waals surface area contributed by atoms with Crippen LogP contribution in [0.4, 0.5) is 23.5 Å². The average molecular weight is 293 g/mol. The molecule has 0 aliphatic rings. The molecule has 1 heterocycles. The maximum absolute atomic E-state index is 6.16. The Labute approximate surface area is 123 Å². The lowest BCUT2D eigenvalue weighted by molar-refractivity contribution is 0.963. The first kappa shape index (κ1) is 14.3. The van der Waals surface area contributed by atoms with E-state index < -0.39 is 0 Å². The standard InChI is InChI=1S/C13H17ClN6/c1-8-5-6-9(14)10(7-8)16-12-17-11(15-2)18-13(19-12)20(3)4/h5-7H,1-4H3,(H2,15,16,17,18,19). The van der Waals surface area contributed by atoms with Crippen LogP contribution in [0.2, 0.25) is 5.02 Å². The van der Waals surface area contributed by atoms with E-state index in [1.807, 2.05) is 44.1 Å². The van der Waals surface area contributed by atoms with Gasteiger partial charge in [0.25, 0.3) is 0 Å². The summed E-state index contributed by atoms with van der Waals surface area (Å²) >= 11 is 6.16. The molecule has 1 aromatic heterocycles. The number of benzene rings is 1. The second-order valence-corrected chi connectivity index (χ2v) is 4.94. The van der Waals surface area contributed by atoms with Gasteiger partial charge in [-0.15, -0.1) is 0 Å². The number of hydrogen-bond acceptors (Lipinski definition) is 6. The van der Waals surface area contributed by atoms with Crippen LogP contribution in [0.3, 0.4) is 0 Å². The molecule has 0 saturated carbocycles. The van der Waals surface area contributed by atoms with Crippen molar-refractivity contribution in [2.24, 2.45) is 0 Å². The molecule has 0 spiro atoms. The fourth-order valence-electron chi connectivity index (χ4n) is 1.59. The Balaban J connectivity index is 2.37. The van der Waals surface area contributed by atoms with E-state index in [0.29, 0.717) is 22.9 Å². The monoisotopic (exact) mass is 292 g/mol. The quantitative estimate of drug-likeness (QED) is 0.903. The highest BCUT2D eigenvalue weighted by Crippen LogP contribution is 2.25. The van der Waals surface area contributed by atoms with E-state index in [4.69, 9.17) is 11.6 Å². The van der Waals surface area contributed by atoms with Crippen LogP contribution in [0.5, 0.6) is 0 Å². The van der Waals surface area contributed by atoms with Gasteiger partial charge in [0, 0.05) is 21.1 Å². The predicted octanol–water partition coefficient (Wildman–Crippen LogP) is 2.68. The summed E-state index contributed by atoms with van der Waals surface area (Å²) in [5.41, 5.74) is 1.87. The van der Waals surface area contributed by atoms with Crippen molar-refractivity contribution in [1.82, 2.24) is 15.0 Å². The maximum Gasteiger partial charge on any atom is 0.233 e. The molecule has 0 aliphatic heterocycles. The average Bonchev–Trinajstić information content (AvgIpc) is 2.42. The minimum atomic E-state index is 0.445. The molecule has 1 aromatic carbocycles. The number of nitrogens with one attached hydrogen (secondary N) is 2. The molecule has 6 nitrogen and oxygen atoms in total. The second-order valence-electron chi connectivity index (χ2n) is 4.54. The van der Waals surface area contributed by atoms with Crippen LogP contribution in [-0.4, -0.2) is 36.1 Å². The highest BCUT2D eigenvalue weighted by molar-refractivity contribution is 6.33. The van der Waals surface area contributed by atoms with E-state index >= 15 is 0 Å². The van der Waals surface area contributed by atoms with Crippen LogP contribution >= 0.6 is 11.6 Å². The summed E-state index contributed by atoms with van der Waals surface area (Å²) in [6, 6.07) is 5.73. The van der Waals surface area contributed by atoms with Crippen molar-refractivity contribution in [2.75, 3.05) is 36.7 Å². The third-order valence-electron chi connectivity index (χ3n) is 2.62. The third-order valence-corrected chi connectivity index (χ3v) is 2.95. The molecular formula is C13H17ClN6. The molecule has 0 bridgehead atoms. The van der Waals surface area contributed by atoms with E-state index in [0.717, 1.165) is 11.3 Å². The summed E-state index contributed by atoms with van der Waals surface area (Å²) in [7, 11) is 5.51. The Morgan fingerprint density at radius 2 is 1.80 bits per heavy atom. The first-order chi connectivity index (χ1) is 9.49. The number of nitrogens with zero attached hydrogens (tertiary/aromatic N) is 4. The lowest BCUT2D eigenvalue weighted by atomic mass is 10.2. The molecule has 2 rings (SSSR count). The van der Waals surface area contributed by atoms with E-state index in [2.05, 4.69) is 25.6 Å². The number of halogens is 1. The molecule has 0 unspecified atom stereocenters. The minimum Gasteiger partial charge on any atom is -0.357 e. The number of rotatable bonds is 4. The van der Waals surface area contributed by atoms with Crippen LogP contribution in [0.25, 0.3) is 0 Å². The topological polar surface area (TPSA) is 66.0 Å². The third kappa shape index (κ3) is 3.27. The SMILES string of the molecule is CNc1nc(Nc2cc(C)ccc2Cl)nc(N(C)C)n1.